The highest BCUT2D eigenvalue weighted by atomic mass is 35.5. The lowest BCUT2D eigenvalue weighted by molar-refractivity contribution is 0.689. The molecule has 2 aromatic rings. The van der Waals surface area contributed by atoms with Crippen molar-refractivity contribution in [1.29, 1.82) is 0 Å². The molecule has 0 spiro atoms. The maximum atomic E-state index is 6.19. The van der Waals surface area contributed by atoms with E-state index in [1.165, 1.54) is 0 Å². The van der Waals surface area contributed by atoms with E-state index < -0.39 is 0 Å². The minimum Gasteiger partial charge on any atom is -0.309 e. The Balaban J connectivity index is 2.41. The molecule has 1 heterocycles. The molecular formula is C13H13ClN2. The number of halogens is 1. The van der Waals surface area contributed by atoms with Gasteiger partial charge in [-0.15, -0.1) is 0 Å². The zero-order valence-electron chi connectivity index (χ0n) is 9.02. The van der Waals surface area contributed by atoms with Crippen LogP contribution in [0.3, 0.4) is 0 Å². The number of benzene rings is 1. The first-order valence-corrected chi connectivity index (χ1v) is 5.52. The quantitative estimate of drug-likeness (QED) is 0.880. The molecule has 1 atom stereocenters. The average Bonchev–Trinajstić information content (AvgIpc) is 2.34. The first-order valence-electron chi connectivity index (χ1n) is 5.14. The van der Waals surface area contributed by atoms with Gasteiger partial charge in [0, 0.05) is 17.4 Å². The smallest absolute Gasteiger partial charge is 0.0604 e. The van der Waals surface area contributed by atoms with E-state index in [1.54, 1.807) is 6.20 Å². The summed E-state index contributed by atoms with van der Waals surface area (Å²) in [4.78, 5) is 4.13. The van der Waals surface area contributed by atoms with E-state index in [2.05, 4.69) is 10.3 Å². The molecule has 0 aliphatic rings. The second kappa shape index (κ2) is 5.10. The Bertz CT molecular complexity index is 456. The lowest BCUT2D eigenvalue weighted by Crippen LogP contribution is -2.18. The molecular weight excluding hydrogens is 220 g/mol. The van der Waals surface area contributed by atoms with E-state index in [1.807, 2.05) is 49.6 Å². The first-order chi connectivity index (χ1) is 7.83. The minimum absolute atomic E-state index is 0.0856. The van der Waals surface area contributed by atoms with Crippen molar-refractivity contribution in [3.05, 3.63) is 64.9 Å². The molecule has 1 aromatic carbocycles. The van der Waals surface area contributed by atoms with Gasteiger partial charge in [-0.2, -0.15) is 0 Å². The summed E-state index contributed by atoms with van der Waals surface area (Å²) in [6, 6.07) is 11.9. The molecule has 1 N–H and O–H groups in total. The monoisotopic (exact) mass is 232 g/mol. The van der Waals surface area contributed by atoms with E-state index >= 15 is 0 Å². The molecule has 0 aliphatic carbocycles. The molecule has 1 unspecified atom stereocenters. The summed E-state index contributed by atoms with van der Waals surface area (Å²) < 4.78 is 0. The van der Waals surface area contributed by atoms with Crippen LogP contribution in [0.4, 0.5) is 0 Å². The number of nitrogens with one attached hydrogen (secondary N) is 1. The molecule has 2 nitrogen and oxygen atoms in total. The predicted molar refractivity (Wildman–Crippen MR) is 66.6 cm³/mol. The van der Waals surface area contributed by atoms with Crippen LogP contribution in [0.15, 0.2) is 48.8 Å². The third kappa shape index (κ3) is 2.23. The molecule has 3 heteroatoms. The van der Waals surface area contributed by atoms with Crippen LogP contribution >= 0.6 is 11.6 Å². The fourth-order valence-corrected chi connectivity index (χ4v) is 2.00. The molecule has 0 radical (unpaired) electrons. The van der Waals surface area contributed by atoms with Crippen LogP contribution in [0, 0.1) is 0 Å². The first kappa shape index (κ1) is 11.1. The van der Waals surface area contributed by atoms with Crippen molar-refractivity contribution in [3.63, 3.8) is 0 Å². The second-order valence-corrected chi connectivity index (χ2v) is 3.94. The van der Waals surface area contributed by atoms with Gasteiger partial charge in [0.1, 0.15) is 0 Å². The zero-order chi connectivity index (χ0) is 11.4. The van der Waals surface area contributed by atoms with Gasteiger partial charge in [-0.3, -0.25) is 4.98 Å². The number of nitrogens with zero attached hydrogens (tertiary/aromatic N) is 1. The third-order valence-corrected chi connectivity index (χ3v) is 2.87. The minimum atomic E-state index is 0.0856. The van der Waals surface area contributed by atoms with Crippen LogP contribution in [0.2, 0.25) is 5.02 Å². The third-order valence-electron chi connectivity index (χ3n) is 2.52. The average molecular weight is 233 g/mol. The fourth-order valence-electron chi connectivity index (χ4n) is 1.76. The fraction of sp³-hybridized carbons (Fsp3) is 0.154. The van der Waals surface area contributed by atoms with Gasteiger partial charge in [-0.05, 0) is 30.3 Å². The molecule has 0 saturated carbocycles. The normalized spacial score (nSPS) is 12.4. The molecule has 0 amide bonds. The summed E-state index contributed by atoms with van der Waals surface area (Å²) in [6.45, 7) is 0. The van der Waals surface area contributed by atoms with Gasteiger partial charge in [0.2, 0.25) is 0 Å². The molecule has 0 fully saturated rings. The molecule has 0 bridgehead atoms. The standard InChI is InChI=1S/C13H13ClN2/c1-15-13(10-5-4-8-16-9-10)11-6-2-3-7-12(11)14/h2-9,13,15H,1H3. The molecule has 1 aromatic heterocycles. The van der Waals surface area contributed by atoms with E-state index in [0.717, 1.165) is 16.1 Å². The highest BCUT2D eigenvalue weighted by Gasteiger charge is 2.14. The van der Waals surface area contributed by atoms with Crippen LogP contribution in [0.25, 0.3) is 0 Å². The van der Waals surface area contributed by atoms with Gasteiger partial charge in [0.15, 0.2) is 0 Å². The van der Waals surface area contributed by atoms with Crippen molar-refractivity contribution < 1.29 is 0 Å². The largest absolute Gasteiger partial charge is 0.309 e. The number of aromatic nitrogens is 1. The Morgan fingerprint density at radius 2 is 2.00 bits per heavy atom. The van der Waals surface area contributed by atoms with E-state index in [-0.39, 0.29) is 6.04 Å². The van der Waals surface area contributed by atoms with Gasteiger partial charge in [-0.25, -0.2) is 0 Å². The topological polar surface area (TPSA) is 24.9 Å². The number of pyridine rings is 1. The summed E-state index contributed by atoms with van der Waals surface area (Å²) in [5, 5.41) is 4.02. The van der Waals surface area contributed by atoms with Gasteiger partial charge < -0.3 is 5.32 Å². The molecule has 16 heavy (non-hydrogen) atoms. The van der Waals surface area contributed by atoms with Crippen LogP contribution in [0.5, 0.6) is 0 Å². The van der Waals surface area contributed by atoms with E-state index in [0.29, 0.717) is 0 Å². The van der Waals surface area contributed by atoms with Crippen LogP contribution in [0.1, 0.15) is 17.2 Å². The van der Waals surface area contributed by atoms with Crippen molar-refractivity contribution in [3.8, 4) is 0 Å². The number of hydrogen-bond donors (Lipinski definition) is 1. The van der Waals surface area contributed by atoms with Gasteiger partial charge in [0.25, 0.3) is 0 Å². The lowest BCUT2D eigenvalue weighted by atomic mass is 10.0. The van der Waals surface area contributed by atoms with E-state index in [4.69, 9.17) is 11.6 Å². The van der Waals surface area contributed by atoms with Gasteiger partial charge in [0.05, 0.1) is 6.04 Å². The maximum Gasteiger partial charge on any atom is 0.0604 e. The Morgan fingerprint density at radius 3 is 2.62 bits per heavy atom. The highest BCUT2D eigenvalue weighted by molar-refractivity contribution is 6.31. The Morgan fingerprint density at radius 1 is 1.19 bits per heavy atom. The lowest BCUT2D eigenvalue weighted by Gasteiger charge is -2.17. The van der Waals surface area contributed by atoms with Crippen molar-refractivity contribution in [2.75, 3.05) is 7.05 Å². The maximum absolute atomic E-state index is 6.19. The van der Waals surface area contributed by atoms with Crippen molar-refractivity contribution in [2.45, 2.75) is 6.04 Å². The van der Waals surface area contributed by atoms with Gasteiger partial charge >= 0.3 is 0 Å². The number of rotatable bonds is 3. The summed E-state index contributed by atoms with van der Waals surface area (Å²) >= 11 is 6.19. The Kier molecular flexibility index (Phi) is 3.54. The summed E-state index contributed by atoms with van der Waals surface area (Å²) in [6.07, 6.45) is 3.62. The Hall–Kier alpha value is -1.38. The van der Waals surface area contributed by atoms with Crippen LogP contribution in [-0.2, 0) is 0 Å². The molecule has 2 rings (SSSR count). The summed E-state index contributed by atoms with van der Waals surface area (Å²) in [5.41, 5.74) is 2.18. The molecule has 0 aliphatic heterocycles. The summed E-state index contributed by atoms with van der Waals surface area (Å²) in [5.74, 6) is 0. The van der Waals surface area contributed by atoms with Crippen molar-refractivity contribution >= 4 is 11.6 Å². The molecule has 0 saturated heterocycles. The van der Waals surface area contributed by atoms with Crippen molar-refractivity contribution in [1.82, 2.24) is 10.3 Å². The number of hydrogen-bond acceptors (Lipinski definition) is 2. The van der Waals surface area contributed by atoms with Crippen molar-refractivity contribution in [2.24, 2.45) is 0 Å². The Labute approximate surface area is 100 Å². The van der Waals surface area contributed by atoms with E-state index in [9.17, 15) is 0 Å². The predicted octanol–water partition coefficient (Wildman–Crippen LogP) is 3.04. The van der Waals surface area contributed by atoms with Crippen LogP contribution in [-0.4, -0.2) is 12.0 Å². The second-order valence-electron chi connectivity index (χ2n) is 3.53. The molecule has 82 valence electrons. The highest BCUT2D eigenvalue weighted by Crippen LogP contribution is 2.27. The zero-order valence-corrected chi connectivity index (χ0v) is 9.78. The van der Waals surface area contributed by atoms with Gasteiger partial charge in [-0.1, -0.05) is 35.9 Å². The van der Waals surface area contributed by atoms with Crippen LogP contribution < -0.4 is 5.32 Å². The SMILES string of the molecule is CNC(c1cccnc1)c1ccccc1Cl. The summed E-state index contributed by atoms with van der Waals surface area (Å²) in [7, 11) is 1.92.